The maximum atomic E-state index is 12.6. The van der Waals surface area contributed by atoms with Crippen molar-refractivity contribution in [3.63, 3.8) is 0 Å². The van der Waals surface area contributed by atoms with Gasteiger partial charge in [0.2, 0.25) is 5.91 Å². The zero-order valence-corrected chi connectivity index (χ0v) is 11.4. The zero-order chi connectivity index (χ0) is 15.3. The Kier molecular flexibility index (Phi) is 5.64. The van der Waals surface area contributed by atoms with Gasteiger partial charge in [0.25, 0.3) is 0 Å². The van der Waals surface area contributed by atoms with Crippen LogP contribution in [0.4, 0.5) is 13.2 Å². The minimum atomic E-state index is -4.17. The molecule has 20 heavy (non-hydrogen) atoms. The van der Waals surface area contributed by atoms with Crippen molar-refractivity contribution < 1.29 is 23.2 Å². The molecule has 0 aromatic heterocycles. The molecule has 116 valence electrons. The first kappa shape index (κ1) is 16.6. The molecule has 0 bridgehead atoms. The van der Waals surface area contributed by atoms with E-state index in [1.54, 1.807) is 6.92 Å². The molecule has 0 heterocycles. The van der Waals surface area contributed by atoms with E-state index in [2.05, 4.69) is 5.16 Å². The van der Waals surface area contributed by atoms with E-state index < -0.39 is 18.0 Å². The summed E-state index contributed by atoms with van der Waals surface area (Å²) in [5, 5.41) is 11.3. The van der Waals surface area contributed by atoms with Gasteiger partial charge in [-0.1, -0.05) is 5.16 Å². The summed E-state index contributed by atoms with van der Waals surface area (Å²) in [6.45, 7) is 2.10. The van der Waals surface area contributed by atoms with Crippen molar-refractivity contribution in [1.82, 2.24) is 4.90 Å². The van der Waals surface area contributed by atoms with E-state index in [1.165, 1.54) is 4.90 Å². The first-order valence-corrected chi connectivity index (χ1v) is 6.61. The molecule has 1 rings (SSSR count). The number of halogens is 3. The molecule has 1 saturated carbocycles. The standard InChI is InChI=1S/C12H20F3N3O2/c1-2-18(7-10(16)17-20)11(19)8-3-5-9(6-4-8)12(13,14)15/h8-9,20H,2-7H2,1H3,(H2,16,17). The molecule has 0 unspecified atom stereocenters. The molecule has 8 heteroatoms. The minimum Gasteiger partial charge on any atom is -0.409 e. The number of hydrogen-bond acceptors (Lipinski definition) is 3. The van der Waals surface area contributed by atoms with Crippen LogP contribution in [0.3, 0.4) is 0 Å². The van der Waals surface area contributed by atoms with Crippen LogP contribution in [0.2, 0.25) is 0 Å². The third-order valence-electron chi connectivity index (χ3n) is 3.71. The third kappa shape index (κ3) is 4.28. The van der Waals surface area contributed by atoms with E-state index in [1.807, 2.05) is 0 Å². The van der Waals surface area contributed by atoms with Crippen molar-refractivity contribution in [1.29, 1.82) is 0 Å². The molecule has 0 aromatic carbocycles. The summed E-state index contributed by atoms with van der Waals surface area (Å²) in [7, 11) is 0. The Hall–Kier alpha value is -1.47. The molecule has 1 fully saturated rings. The predicted octanol–water partition coefficient (Wildman–Crippen LogP) is 1.95. The van der Waals surface area contributed by atoms with Crippen molar-refractivity contribution in [2.75, 3.05) is 13.1 Å². The molecule has 0 saturated heterocycles. The van der Waals surface area contributed by atoms with E-state index in [-0.39, 0.29) is 44.0 Å². The Bertz CT molecular complexity index is 363. The van der Waals surface area contributed by atoms with Gasteiger partial charge in [-0.3, -0.25) is 4.79 Å². The van der Waals surface area contributed by atoms with Crippen molar-refractivity contribution in [2.24, 2.45) is 22.7 Å². The van der Waals surface area contributed by atoms with E-state index in [0.717, 1.165) is 0 Å². The summed E-state index contributed by atoms with van der Waals surface area (Å²) >= 11 is 0. The summed E-state index contributed by atoms with van der Waals surface area (Å²) in [5.41, 5.74) is 5.35. The molecule has 3 N–H and O–H groups in total. The highest BCUT2D eigenvalue weighted by Gasteiger charge is 2.42. The van der Waals surface area contributed by atoms with E-state index in [9.17, 15) is 18.0 Å². The lowest BCUT2D eigenvalue weighted by Crippen LogP contribution is -2.43. The van der Waals surface area contributed by atoms with Gasteiger partial charge in [0, 0.05) is 12.5 Å². The largest absolute Gasteiger partial charge is 0.409 e. The van der Waals surface area contributed by atoms with Gasteiger partial charge in [-0.2, -0.15) is 13.2 Å². The molecule has 1 amide bonds. The lowest BCUT2D eigenvalue weighted by atomic mass is 9.81. The smallest absolute Gasteiger partial charge is 0.391 e. The fourth-order valence-corrected chi connectivity index (χ4v) is 2.50. The van der Waals surface area contributed by atoms with Crippen LogP contribution in [-0.2, 0) is 4.79 Å². The lowest BCUT2D eigenvalue weighted by molar-refractivity contribution is -0.185. The summed E-state index contributed by atoms with van der Waals surface area (Å²) in [4.78, 5) is 13.6. The van der Waals surface area contributed by atoms with Gasteiger partial charge in [-0.25, -0.2) is 0 Å². The Morgan fingerprint density at radius 3 is 2.30 bits per heavy atom. The number of carbonyl (C=O) groups is 1. The molecule has 0 spiro atoms. The van der Waals surface area contributed by atoms with Gasteiger partial charge in [0.05, 0.1) is 12.5 Å². The second-order valence-corrected chi connectivity index (χ2v) is 5.03. The van der Waals surface area contributed by atoms with Crippen LogP contribution in [0.1, 0.15) is 32.6 Å². The van der Waals surface area contributed by atoms with Gasteiger partial charge in [-0.15, -0.1) is 0 Å². The average Bonchev–Trinajstić information content (AvgIpc) is 2.42. The Labute approximate surface area is 115 Å². The normalized spacial score (nSPS) is 24.5. The van der Waals surface area contributed by atoms with E-state index in [4.69, 9.17) is 10.9 Å². The third-order valence-corrected chi connectivity index (χ3v) is 3.71. The first-order valence-electron chi connectivity index (χ1n) is 6.61. The molecular formula is C12H20F3N3O2. The van der Waals surface area contributed by atoms with Crippen molar-refractivity contribution in [3.8, 4) is 0 Å². The van der Waals surface area contributed by atoms with Gasteiger partial charge >= 0.3 is 6.18 Å². The number of amidine groups is 1. The quantitative estimate of drug-likeness (QED) is 0.360. The minimum absolute atomic E-state index is 0.00890. The fourth-order valence-electron chi connectivity index (χ4n) is 2.50. The van der Waals surface area contributed by atoms with Crippen LogP contribution >= 0.6 is 0 Å². The maximum Gasteiger partial charge on any atom is 0.391 e. The molecule has 0 atom stereocenters. The molecule has 1 aliphatic rings. The summed E-state index contributed by atoms with van der Waals surface area (Å²) in [5.74, 6) is -2.02. The Morgan fingerprint density at radius 1 is 1.35 bits per heavy atom. The number of rotatable bonds is 4. The Balaban J connectivity index is 2.57. The van der Waals surface area contributed by atoms with Crippen molar-refractivity contribution in [2.45, 2.75) is 38.8 Å². The van der Waals surface area contributed by atoms with Crippen LogP contribution in [0, 0.1) is 11.8 Å². The highest BCUT2D eigenvalue weighted by atomic mass is 19.4. The van der Waals surface area contributed by atoms with Crippen molar-refractivity contribution >= 4 is 11.7 Å². The van der Waals surface area contributed by atoms with Crippen molar-refractivity contribution in [3.05, 3.63) is 0 Å². The topological polar surface area (TPSA) is 78.9 Å². The highest BCUT2D eigenvalue weighted by molar-refractivity contribution is 5.87. The zero-order valence-electron chi connectivity index (χ0n) is 11.4. The molecule has 1 aliphatic carbocycles. The number of nitrogens with two attached hydrogens (primary N) is 1. The number of likely N-dealkylation sites (N-methyl/N-ethyl adjacent to an activating group) is 1. The van der Waals surface area contributed by atoms with Crippen LogP contribution < -0.4 is 5.73 Å². The van der Waals surface area contributed by atoms with Gasteiger partial charge in [0.15, 0.2) is 5.84 Å². The van der Waals surface area contributed by atoms with Crippen LogP contribution in [0.15, 0.2) is 5.16 Å². The number of oxime groups is 1. The predicted molar refractivity (Wildman–Crippen MR) is 67.2 cm³/mol. The SMILES string of the molecule is CCN(CC(N)=NO)C(=O)C1CCC(C(F)(F)F)CC1. The van der Waals surface area contributed by atoms with Gasteiger partial charge in [0.1, 0.15) is 0 Å². The molecule has 0 aromatic rings. The molecular weight excluding hydrogens is 275 g/mol. The fraction of sp³-hybridized carbons (Fsp3) is 0.833. The second-order valence-electron chi connectivity index (χ2n) is 5.03. The van der Waals surface area contributed by atoms with E-state index >= 15 is 0 Å². The number of alkyl halides is 3. The summed E-state index contributed by atoms with van der Waals surface area (Å²) in [6.07, 6.45) is -3.74. The van der Waals surface area contributed by atoms with Crippen LogP contribution in [-0.4, -0.2) is 41.1 Å². The Morgan fingerprint density at radius 2 is 1.90 bits per heavy atom. The summed E-state index contributed by atoms with van der Waals surface area (Å²) < 4.78 is 37.7. The number of amides is 1. The molecule has 0 radical (unpaired) electrons. The summed E-state index contributed by atoms with van der Waals surface area (Å²) in [6, 6.07) is 0. The van der Waals surface area contributed by atoms with E-state index in [0.29, 0.717) is 6.54 Å². The highest BCUT2D eigenvalue weighted by Crippen LogP contribution is 2.39. The second kappa shape index (κ2) is 6.81. The van der Waals surface area contributed by atoms with Crippen LogP contribution in [0.25, 0.3) is 0 Å². The molecule has 0 aliphatic heterocycles. The average molecular weight is 295 g/mol. The number of hydrogen-bond donors (Lipinski definition) is 2. The first-order chi connectivity index (χ1) is 9.29. The van der Waals surface area contributed by atoms with Gasteiger partial charge < -0.3 is 15.8 Å². The maximum absolute atomic E-state index is 12.6. The lowest BCUT2D eigenvalue weighted by Gasteiger charge is -2.32. The monoisotopic (exact) mass is 295 g/mol. The number of nitrogens with zero attached hydrogens (tertiary/aromatic N) is 2. The molecule has 5 nitrogen and oxygen atoms in total. The number of carbonyl (C=O) groups excluding carboxylic acids is 1. The van der Waals surface area contributed by atoms with Crippen LogP contribution in [0.5, 0.6) is 0 Å². The van der Waals surface area contributed by atoms with Gasteiger partial charge in [-0.05, 0) is 32.6 Å².